The molecule has 4 aromatic heterocycles. The summed E-state index contributed by atoms with van der Waals surface area (Å²) in [5, 5.41) is 21.9. The van der Waals surface area contributed by atoms with Gasteiger partial charge in [-0.3, -0.25) is 0 Å². The molecule has 10 nitrogen and oxygen atoms in total. The number of halogens is 6. The molecule has 0 aliphatic rings. The van der Waals surface area contributed by atoms with Crippen LogP contribution < -0.4 is 0 Å². The number of aromatic hydroxyl groups is 2. The molecule has 9 aromatic rings. The van der Waals surface area contributed by atoms with Gasteiger partial charge in [0, 0.05) is 24.6 Å². The van der Waals surface area contributed by atoms with Gasteiger partial charge >= 0.3 is 12.4 Å². The highest BCUT2D eigenvalue weighted by atomic mass is 19.4. The third-order valence-corrected chi connectivity index (χ3v) is 9.38. The molecule has 0 unspecified atom stereocenters. The van der Waals surface area contributed by atoms with Crippen molar-refractivity contribution in [3.63, 3.8) is 0 Å². The molecule has 5 aromatic carbocycles. The molecule has 0 aliphatic carbocycles. The number of oxazole rings is 4. The van der Waals surface area contributed by atoms with Crippen molar-refractivity contribution < 1.29 is 54.2 Å². The molecule has 0 saturated heterocycles. The average molecular weight is 757 g/mol. The lowest BCUT2D eigenvalue weighted by Gasteiger charge is -2.38. The second-order valence-corrected chi connectivity index (χ2v) is 12.9. The molecule has 16 heteroatoms. The highest BCUT2D eigenvalue weighted by Gasteiger charge is 2.72. The molecule has 0 aliphatic heterocycles. The normalized spacial score (nSPS) is 12.9. The number of phenolic OH excluding ortho intramolecular Hbond substituents is 2. The van der Waals surface area contributed by atoms with E-state index in [1.165, 1.54) is 36.4 Å². The summed E-state index contributed by atoms with van der Waals surface area (Å²) in [5.74, 6) is -0.254. The van der Waals surface area contributed by atoms with Crippen molar-refractivity contribution in [2.24, 2.45) is 0 Å². The van der Waals surface area contributed by atoms with E-state index in [4.69, 9.17) is 17.7 Å². The Bertz CT molecular complexity index is 2840. The van der Waals surface area contributed by atoms with Crippen LogP contribution in [0.5, 0.6) is 11.5 Å². The predicted octanol–water partition coefficient (Wildman–Crippen LogP) is 10.7. The van der Waals surface area contributed by atoms with Crippen molar-refractivity contribution in [2.45, 2.75) is 31.6 Å². The number of aryl methyl sites for hydroxylation is 2. The minimum atomic E-state index is -5.73. The third-order valence-electron chi connectivity index (χ3n) is 9.38. The number of hydrogen-bond donors (Lipinski definition) is 2. The number of rotatable bonds is 5. The molecule has 276 valence electrons. The molecule has 0 amide bonds. The first-order chi connectivity index (χ1) is 26.1. The van der Waals surface area contributed by atoms with Gasteiger partial charge in [-0.1, -0.05) is 42.0 Å². The molecule has 55 heavy (non-hydrogen) atoms. The minimum absolute atomic E-state index is 0.0273. The molecular weight excluding hydrogens is 734 g/mol. The molecule has 2 N–H and O–H groups in total. The zero-order valence-electron chi connectivity index (χ0n) is 28.2. The van der Waals surface area contributed by atoms with Crippen molar-refractivity contribution in [3.05, 3.63) is 108 Å². The fraction of sp³-hybridized carbons (Fsp3) is 0.128. The SMILES string of the molecule is Cc1ccc(C(c2ccc(-c3nc4cc5nc(-c6cc(O)c(-c7nc8cc9nc(C)oc9cc8o7)cc6O)oc5cc4o3)cc2)(C(F)(F)F)C(F)(F)F)cc1. The summed E-state index contributed by atoms with van der Waals surface area (Å²) in [6.45, 7) is 3.27. The van der Waals surface area contributed by atoms with Crippen molar-refractivity contribution in [1.29, 1.82) is 0 Å². The van der Waals surface area contributed by atoms with E-state index in [-0.39, 0.29) is 68.1 Å². The van der Waals surface area contributed by atoms with Gasteiger partial charge in [0.1, 0.15) is 33.6 Å². The van der Waals surface area contributed by atoms with Crippen molar-refractivity contribution in [1.82, 2.24) is 19.9 Å². The first-order valence-corrected chi connectivity index (χ1v) is 16.4. The molecule has 0 spiro atoms. The van der Waals surface area contributed by atoms with Crippen LogP contribution >= 0.6 is 0 Å². The molecular formula is C39H22F6N4O6. The Labute approximate surface area is 303 Å². The Morgan fingerprint density at radius 3 is 1.35 bits per heavy atom. The summed E-state index contributed by atoms with van der Waals surface area (Å²) in [4.78, 5) is 17.5. The van der Waals surface area contributed by atoms with Gasteiger partial charge in [-0.05, 0) is 54.4 Å². The fourth-order valence-electron chi connectivity index (χ4n) is 6.74. The summed E-state index contributed by atoms with van der Waals surface area (Å²) in [7, 11) is 0. The van der Waals surface area contributed by atoms with E-state index in [9.17, 15) is 36.6 Å². The van der Waals surface area contributed by atoms with E-state index in [0.29, 0.717) is 33.7 Å². The maximum Gasteiger partial charge on any atom is 0.411 e. The number of benzene rings is 5. The molecule has 4 heterocycles. The summed E-state index contributed by atoms with van der Waals surface area (Å²) >= 11 is 0. The van der Waals surface area contributed by atoms with Gasteiger partial charge in [-0.2, -0.15) is 26.3 Å². The molecule has 0 saturated carbocycles. The van der Waals surface area contributed by atoms with Crippen LogP contribution in [0.3, 0.4) is 0 Å². The molecule has 9 rings (SSSR count). The first-order valence-electron chi connectivity index (χ1n) is 16.4. The van der Waals surface area contributed by atoms with Gasteiger partial charge < -0.3 is 27.9 Å². The fourth-order valence-corrected chi connectivity index (χ4v) is 6.74. The molecule has 0 atom stereocenters. The van der Waals surface area contributed by atoms with Crippen LogP contribution in [0.1, 0.15) is 22.6 Å². The zero-order valence-corrected chi connectivity index (χ0v) is 28.2. The lowest BCUT2D eigenvalue weighted by Crippen LogP contribution is -2.54. The van der Waals surface area contributed by atoms with Gasteiger partial charge in [-0.15, -0.1) is 0 Å². The number of aromatic nitrogens is 4. The second-order valence-electron chi connectivity index (χ2n) is 12.9. The maximum atomic E-state index is 14.6. The van der Waals surface area contributed by atoms with E-state index >= 15 is 0 Å². The molecule has 0 bridgehead atoms. The number of hydrogen-bond acceptors (Lipinski definition) is 10. The Kier molecular flexibility index (Phi) is 7.15. The highest BCUT2D eigenvalue weighted by molar-refractivity contribution is 5.93. The van der Waals surface area contributed by atoms with Crippen LogP contribution in [0.4, 0.5) is 26.3 Å². The van der Waals surface area contributed by atoms with Crippen molar-refractivity contribution in [2.75, 3.05) is 0 Å². The van der Waals surface area contributed by atoms with Crippen LogP contribution in [0.15, 0.2) is 103 Å². The summed E-state index contributed by atoms with van der Waals surface area (Å²) in [6, 6.07) is 16.5. The topological polar surface area (TPSA) is 145 Å². The van der Waals surface area contributed by atoms with E-state index < -0.39 is 28.9 Å². The lowest BCUT2D eigenvalue weighted by atomic mass is 9.72. The van der Waals surface area contributed by atoms with Gasteiger partial charge in [0.25, 0.3) is 0 Å². The van der Waals surface area contributed by atoms with Crippen LogP contribution in [-0.4, -0.2) is 42.5 Å². The number of alkyl halides is 6. The zero-order chi connectivity index (χ0) is 38.6. The van der Waals surface area contributed by atoms with Crippen molar-refractivity contribution >= 4 is 44.4 Å². The average Bonchev–Trinajstić information content (AvgIpc) is 3.90. The summed E-state index contributed by atoms with van der Waals surface area (Å²) < 4.78 is 110. The third kappa shape index (κ3) is 5.26. The van der Waals surface area contributed by atoms with Gasteiger partial charge in [-0.25, -0.2) is 19.9 Å². The Morgan fingerprint density at radius 1 is 0.473 bits per heavy atom. The quantitative estimate of drug-likeness (QED) is 0.129. The van der Waals surface area contributed by atoms with E-state index in [1.54, 1.807) is 26.0 Å². The Balaban J connectivity index is 1.03. The highest BCUT2D eigenvalue weighted by Crippen LogP contribution is 2.56. The number of nitrogens with zero attached hydrogens (tertiary/aromatic N) is 4. The summed E-state index contributed by atoms with van der Waals surface area (Å²) in [6.07, 6.45) is -11.5. The largest absolute Gasteiger partial charge is 0.507 e. The predicted molar refractivity (Wildman–Crippen MR) is 185 cm³/mol. The van der Waals surface area contributed by atoms with E-state index in [2.05, 4.69) is 19.9 Å². The summed E-state index contributed by atoms with van der Waals surface area (Å²) in [5.41, 5.74) is -2.74. The van der Waals surface area contributed by atoms with E-state index in [1.807, 2.05) is 0 Å². The van der Waals surface area contributed by atoms with Gasteiger partial charge in [0.2, 0.25) is 23.1 Å². The monoisotopic (exact) mass is 756 g/mol. The second kappa shape index (κ2) is 11.6. The molecule has 0 fully saturated rings. The standard InChI is InChI=1S/C39H22F6N4O6/c1-17-3-7-20(8-4-17)37(38(40,41)42,39(43,44)45)21-9-5-19(6-10-21)34-47-25-14-27-33(16-31(25)53-34)55-36(49-27)23-12-28(50)22(11-29(23)51)35-48-26-13-24-30(15-32(26)54-35)52-18(2)46-24/h3-16,50-51H,1-2H3. The number of fused-ring (bicyclic) bond motifs is 4. The Morgan fingerprint density at radius 2 is 0.873 bits per heavy atom. The van der Waals surface area contributed by atoms with Crippen LogP contribution in [0.2, 0.25) is 0 Å². The first kappa shape index (κ1) is 34.0. The number of phenols is 2. The lowest BCUT2D eigenvalue weighted by molar-refractivity contribution is -0.288. The Hall–Kier alpha value is -6.84. The van der Waals surface area contributed by atoms with Crippen molar-refractivity contribution in [3.8, 4) is 45.9 Å². The maximum absolute atomic E-state index is 14.6. The van der Waals surface area contributed by atoms with Gasteiger partial charge in [0.05, 0.1) is 11.1 Å². The van der Waals surface area contributed by atoms with Gasteiger partial charge in [0.15, 0.2) is 28.2 Å². The van der Waals surface area contributed by atoms with Crippen LogP contribution in [0, 0.1) is 13.8 Å². The molecule has 0 radical (unpaired) electrons. The smallest absolute Gasteiger partial charge is 0.411 e. The van der Waals surface area contributed by atoms with E-state index in [0.717, 1.165) is 36.4 Å². The van der Waals surface area contributed by atoms with Crippen LogP contribution in [-0.2, 0) is 5.41 Å². The minimum Gasteiger partial charge on any atom is -0.507 e. The van der Waals surface area contributed by atoms with Crippen LogP contribution in [0.25, 0.3) is 78.8 Å².